The molecule has 1 aromatic carbocycles. The summed E-state index contributed by atoms with van der Waals surface area (Å²) in [6.07, 6.45) is 0.481. The van der Waals surface area contributed by atoms with Gasteiger partial charge in [0.15, 0.2) is 0 Å². The van der Waals surface area contributed by atoms with Crippen molar-refractivity contribution >= 4 is 5.69 Å². The molecule has 1 unspecified atom stereocenters. The maximum Gasteiger partial charge on any atom is 0.253 e. The highest BCUT2D eigenvalue weighted by atomic mass is 19.2. The van der Waals surface area contributed by atoms with Crippen molar-refractivity contribution in [1.82, 2.24) is 4.98 Å². The number of halogens is 4. The van der Waals surface area contributed by atoms with Crippen LogP contribution in [0.3, 0.4) is 0 Å². The highest BCUT2D eigenvalue weighted by Crippen LogP contribution is 2.28. The van der Waals surface area contributed by atoms with Crippen molar-refractivity contribution in [3.8, 4) is 0 Å². The molecule has 0 aliphatic carbocycles. The second kappa shape index (κ2) is 5.90. The molecule has 6 heteroatoms. The zero-order valence-electron chi connectivity index (χ0n) is 10.6. The van der Waals surface area contributed by atoms with Gasteiger partial charge in [-0.2, -0.15) is 22.5 Å². The fraction of sp³-hybridized carbons (Fsp3) is 0.214. The molecule has 0 saturated heterocycles. The second-order valence-corrected chi connectivity index (χ2v) is 4.21. The van der Waals surface area contributed by atoms with Crippen LogP contribution >= 0.6 is 0 Å². The van der Waals surface area contributed by atoms with Crippen LogP contribution in [-0.2, 0) is 0 Å². The van der Waals surface area contributed by atoms with E-state index in [1.165, 1.54) is 0 Å². The van der Waals surface area contributed by atoms with E-state index in [1.807, 2.05) is 0 Å². The zero-order valence-corrected chi connectivity index (χ0v) is 10.6. The molecule has 2 aromatic rings. The first-order chi connectivity index (χ1) is 9.54. The smallest absolute Gasteiger partial charge is 0.253 e. The molecule has 1 heterocycles. The summed E-state index contributed by atoms with van der Waals surface area (Å²) in [5.74, 6) is -6.40. The van der Waals surface area contributed by atoms with E-state index in [0.717, 1.165) is 5.56 Å². The molecule has 1 aromatic heterocycles. The minimum absolute atomic E-state index is 0.471. The average Bonchev–Trinajstić information content (AvgIpc) is 2.46. The summed E-state index contributed by atoms with van der Waals surface area (Å²) in [5.41, 5.74) is -0.0860. The van der Waals surface area contributed by atoms with E-state index in [1.54, 1.807) is 37.3 Å². The van der Waals surface area contributed by atoms with Crippen molar-refractivity contribution in [3.05, 3.63) is 59.4 Å². The van der Waals surface area contributed by atoms with Crippen molar-refractivity contribution in [2.24, 2.45) is 0 Å². The zero-order chi connectivity index (χ0) is 14.7. The average molecular weight is 284 g/mol. The number of aromatic nitrogens is 1. The van der Waals surface area contributed by atoms with E-state index in [-0.39, 0.29) is 0 Å². The molecule has 0 radical (unpaired) electrons. The Morgan fingerprint density at radius 3 is 2.05 bits per heavy atom. The lowest BCUT2D eigenvalue weighted by molar-refractivity contribution is 0.409. The third-order valence-electron chi connectivity index (χ3n) is 2.93. The first-order valence-corrected chi connectivity index (χ1v) is 6.06. The molecular formula is C14H12F4N2. The van der Waals surface area contributed by atoms with Crippen molar-refractivity contribution in [1.29, 1.82) is 0 Å². The number of nitrogens with zero attached hydrogens (tertiary/aromatic N) is 1. The van der Waals surface area contributed by atoms with Crippen LogP contribution in [0.1, 0.15) is 24.9 Å². The van der Waals surface area contributed by atoms with E-state index in [0.29, 0.717) is 6.42 Å². The molecule has 2 rings (SSSR count). The molecular weight excluding hydrogens is 272 g/mol. The van der Waals surface area contributed by atoms with Gasteiger partial charge in [-0.3, -0.25) is 0 Å². The topological polar surface area (TPSA) is 24.9 Å². The lowest BCUT2D eigenvalue weighted by Gasteiger charge is -2.19. The number of rotatable bonds is 4. The molecule has 0 fully saturated rings. The predicted octanol–water partition coefficient (Wildman–Crippen LogP) is 4.20. The normalized spacial score (nSPS) is 12.2. The maximum atomic E-state index is 13.5. The molecule has 0 bridgehead atoms. The Morgan fingerprint density at radius 2 is 1.55 bits per heavy atom. The van der Waals surface area contributed by atoms with Crippen LogP contribution in [0, 0.1) is 23.5 Å². The van der Waals surface area contributed by atoms with Crippen molar-refractivity contribution in [2.75, 3.05) is 5.32 Å². The van der Waals surface area contributed by atoms with Crippen LogP contribution < -0.4 is 5.32 Å². The Hall–Kier alpha value is -2.11. The third-order valence-corrected chi connectivity index (χ3v) is 2.93. The number of hydrogen-bond acceptors (Lipinski definition) is 2. The maximum absolute atomic E-state index is 13.5. The molecule has 106 valence electrons. The first-order valence-electron chi connectivity index (χ1n) is 6.06. The van der Waals surface area contributed by atoms with Crippen molar-refractivity contribution in [3.63, 3.8) is 0 Å². The summed E-state index contributed by atoms with van der Waals surface area (Å²) >= 11 is 0. The Bertz CT molecular complexity index is 576. The van der Waals surface area contributed by atoms with Gasteiger partial charge in [-0.15, -0.1) is 0 Å². The van der Waals surface area contributed by atoms with E-state index in [9.17, 15) is 17.6 Å². The minimum atomic E-state index is -1.67. The molecule has 0 aliphatic rings. The van der Waals surface area contributed by atoms with Crippen LogP contribution in [0.5, 0.6) is 0 Å². The summed E-state index contributed by atoms with van der Waals surface area (Å²) in [6, 6.07) is 8.36. The number of anilines is 1. The van der Waals surface area contributed by atoms with E-state index < -0.39 is 35.3 Å². The number of benzene rings is 1. The van der Waals surface area contributed by atoms with Crippen LogP contribution in [0.2, 0.25) is 0 Å². The van der Waals surface area contributed by atoms with Crippen molar-refractivity contribution < 1.29 is 17.6 Å². The van der Waals surface area contributed by atoms with E-state index in [4.69, 9.17) is 0 Å². The fourth-order valence-electron chi connectivity index (χ4n) is 1.89. The van der Waals surface area contributed by atoms with Crippen LogP contribution in [0.4, 0.5) is 23.2 Å². The van der Waals surface area contributed by atoms with Crippen LogP contribution in [0.15, 0.2) is 30.3 Å². The molecule has 20 heavy (non-hydrogen) atoms. The molecule has 0 amide bonds. The number of nitrogens with one attached hydrogen (secondary N) is 1. The monoisotopic (exact) mass is 284 g/mol. The minimum Gasteiger partial charge on any atom is -0.373 e. The Balaban J connectivity index is 2.38. The SMILES string of the molecule is CCC(Nc1c(F)c(F)nc(F)c1F)c1ccccc1. The molecule has 0 aliphatic heterocycles. The third kappa shape index (κ3) is 2.74. The highest BCUT2D eigenvalue weighted by Gasteiger charge is 2.23. The highest BCUT2D eigenvalue weighted by molar-refractivity contribution is 5.47. The van der Waals surface area contributed by atoms with Crippen molar-refractivity contribution in [2.45, 2.75) is 19.4 Å². The lowest BCUT2D eigenvalue weighted by Crippen LogP contribution is -2.14. The standard InChI is InChI=1S/C14H12F4N2/c1-2-9(8-6-4-3-5-7-8)19-12-10(15)13(17)20-14(18)11(12)16/h3-7,9H,2H2,1H3,(H,19,20). The summed E-state index contributed by atoms with van der Waals surface area (Å²) in [7, 11) is 0. The summed E-state index contributed by atoms with van der Waals surface area (Å²) in [6.45, 7) is 1.79. The molecule has 2 nitrogen and oxygen atoms in total. The number of pyridine rings is 1. The number of hydrogen-bond donors (Lipinski definition) is 1. The van der Waals surface area contributed by atoms with Crippen LogP contribution in [0.25, 0.3) is 0 Å². The first kappa shape index (κ1) is 14.3. The molecule has 0 spiro atoms. The second-order valence-electron chi connectivity index (χ2n) is 4.21. The summed E-state index contributed by atoms with van der Waals surface area (Å²) < 4.78 is 53.2. The van der Waals surface area contributed by atoms with Gasteiger partial charge >= 0.3 is 0 Å². The van der Waals surface area contributed by atoms with Gasteiger partial charge in [0.05, 0.1) is 6.04 Å². The van der Waals surface area contributed by atoms with E-state index in [2.05, 4.69) is 10.3 Å². The van der Waals surface area contributed by atoms with Crippen LogP contribution in [-0.4, -0.2) is 4.98 Å². The Kier molecular flexibility index (Phi) is 4.22. The Morgan fingerprint density at radius 1 is 1.00 bits per heavy atom. The van der Waals surface area contributed by atoms with Gasteiger partial charge in [-0.1, -0.05) is 37.3 Å². The lowest BCUT2D eigenvalue weighted by atomic mass is 10.0. The molecule has 1 N–H and O–H groups in total. The molecule has 0 saturated carbocycles. The quantitative estimate of drug-likeness (QED) is 0.672. The van der Waals surface area contributed by atoms with Gasteiger partial charge in [0.25, 0.3) is 11.9 Å². The van der Waals surface area contributed by atoms with Gasteiger partial charge in [0, 0.05) is 0 Å². The fourth-order valence-corrected chi connectivity index (χ4v) is 1.89. The summed E-state index contributed by atoms with van der Waals surface area (Å²) in [4.78, 5) is 2.52. The Labute approximate surface area is 113 Å². The molecule has 1 atom stereocenters. The van der Waals surface area contributed by atoms with Gasteiger partial charge in [-0.25, -0.2) is 0 Å². The van der Waals surface area contributed by atoms with Gasteiger partial charge in [-0.05, 0) is 12.0 Å². The van der Waals surface area contributed by atoms with Gasteiger partial charge in [0.1, 0.15) is 5.69 Å². The van der Waals surface area contributed by atoms with Gasteiger partial charge < -0.3 is 5.32 Å². The predicted molar refractivity (Wildman–Crippen MR) is 67.2 cm³/mol. The summed E-state index contributed by atoms with van der Waals surface area (Å²) in [5, 5.41) is 2.49. The largest absolute Gasteiger partial charge is 0.373 e. The van der Waals surface area contributed by atoms with Gasteiger partial charge in [0.2, 0.25) is 11.6 Å². The van der Waals surface area contributed by atoms with E-state index >= 15 is 0 Å².